The molecule has 18 heavy (non-hydrogen) atoms. The Morgan fingerprint density at radius 1 is 1.44 bits per heavy atom. The van der Waals surface area contributed by atoms with Crippen LogP contribution in [-0.2, 0) is 9.59 Å². The fourth-order valence-electron chi connectivity index (χ4n) is 2.31. The molecule has 1 amide bonds. The van der Waals surface area contributed by atoms with Crippen molar-refractivity contribution in [3.63, 3.8) is 0 Å². The summed E-state index contributed by atoms with van der Waals surface area (Å²) >= 11 is 0. The van der Waals surface area contributed by atoms with Gasteiger partial charge in [-0.05, 0) is 18.0 Å². The van der Waals surface area contributed by atoms with Gasteiger partial charge in [-0.3, -0.25) is 4.79 Å². The lowest BCUT2D eigenvalue weighted by atomic mass is 10.1. The van der Waals surface area contributed by atoms with Crippen molar-refractivity contribution in [2.75, 3.05) is 13.1 Å². The number of amides is 1. The van der Waals surface area contributed by atoms with Gasteiger partial charge in [-0.2, -0.15) is 0 Å². The van der Waals surface area contributed by atoms with Gasteiger partial charge in [0.1, 0.15) is 0 Å². The van der Waals surface area contributed by atoms with Crippen LogP contribution in [0.3, 0.4) is 0 Å². The molecule has 1 aliphatic rings. The van der Waals surface area contributed by atoms with Gasteiger partial charge < -0.3 is 15.7 Å². The monoisotopic (exact) mass is 248 g/mol. The lowest BCUT2D eigenvalue weighted by Gasteiger charge is -2.25. The van der Waals surface area contributed by atoms with E-state index in [1.165, 1.54) is 4.90 Å². The first-order chi connectivity index (χ1) is 8.63. The van der Waals surface area contributed by atoms with Gasteiger partial charge in [0.05, 0.1) is 0 Å². The minimum Gasteiger partial charge on any atom is -0.479 e. The number of aliphatic carboxylic acids is 1. The zero-order valence-electron chi connectivity index (χ0n) is 9.95. The van der Waals surface area contributed by atoms with Crippen molar-refractivity contribution in [2.45, 2.75) is 12.5 Å². The molecule has 0 bridgehead atoms. The molecule has 1 aromatic carbocycles. The fourth-order valence-corrected chi connectivity index (χ4v) is 2.31. The molecule has 2 unspecified atom stereocenters. The van der Waals surface area contributed by atoms with Gasteiger partial charge in [0.25, 0.3) is 0 Å². The van der Waals surface area contributed by atoms with Crippen LogP contribution in [0.25, 0.3) is 0 Å². The smallest absolute Gasteiger partial charge is 0.331 e. The summed E-state index contributed by atoms with van der Waals surface area (Å²) in [5, 5.41) is 9.34. The predicted molar refractivity (Wildman–Crippen MR) is 65.7 cm³/mol. The lowest BCUT2D eigenvalue weighted by Crippen LogP contribution is -2.35. The number of carbonyl (C=O) groups is 2. The molecule has 1 aromatic rings. The van der Waals surface area contributed by atoms with Gasteiger partial charge in [-0.25, -0.2) is 4.79 Å². The first-order valence-corrected chi connectivity index (χ1v) is 5.90. The Morgan fingerprint density at radius 2 is 2.11 bits per heavy atom. The first-order valence-electron chi connectivity index (χ1n) is 5.90. The van der Waals surface area contributed by atoms with E-state index >= 15 is 0 Å². The fraction of sp³-hybridized carbons (Fsp3) is 0.385. The molecule has 0 radical (unpaired) electrons. The molecule has 1 fully saturated rings. The molecule has 0 saturated carbocycles. The van der Waals surface area contributed by atoms with Gasteiger partial charge in [0.15, 0.2) is 6.04 Å². The van der Waals surface area contributed by atoms with Crippen molar-refractivity contribution in [1.29, 1.82) is 0 Å². The standard InChI is InChI=1S/C13H16N2O3/c14-7-9-6-11(16)15(8-9)12(13(17)18)10-4-2-1-3-5-10/h1-5,9,12H,6-8,14H2,(H,17,18). The molecule has 5 heteroatoms. The second-order valence-corrected chi connectivity index (χ2v) is 4.50. The number of carboxylic acids is 1. The van der Waals surface area contributed by atoms with Gasteiger partial charge in [-0.15, -0.1) is 0 Å². The van der Waals surface area contributed by atoms with Crippen molar-refractivity contribution < 1.29 is 14.7 Å². The SMILES string of the molecule is NCC1CC(=O)N(C(C(=O)O)c2ccccc2)C1. The summed E-state index contributed by atoms with van der Waals surface area (Å²) in [4.78, 5) is 24.7. The van der Waals surface area contributed by atoms with Crippen LogP contribution >= 0.6 is 0 Å². The van der Waals surface area contributed by atoms with E-state index in [-0.39, 0.29) is 11.8 Å². The molecule has 96 valence electrons. The summed E-state index contributed by atoms with van der Waals surface area (Å²) in [6, 6.07) is 7.90. The van der Waals surface area contributed by atoms with E-state index in [1.807, 2.05) is 6.07 Å². The number of nitrogens with two attached hydrogens (primary N) is 1. The van der Waals surface area contributed by atoms with E-state index in [0.29, 0.717) is 25.1 Å². The average Bonchev–Trinajstić information content (AvgIpc) is 2.72. The second-order valence-electron chi connectivity index (χ2n) is 4.50. The molecule has 1 aliphatic heterocycles. The van der Waals surface area contributed by atoms with E-state index < -0.39 is 12.0 Å². The Labute approximate surface area is 105 Å². The van der Waals surface area contributed by atoms with Crippen molar-refractivity contribution >= 4 is 11.9 Å². The van der Waals surface area contributed by atoms with E-state index in [1.54, 1.807) is 24.3 Å². The summed E-state index contributed by atoms with van der Waals surface area (Å²) in [6.07, 6.45) is 0.340. The minimum absolute atomic E-state index is 0.0584. The van der Waals surface area contributed by atoms with Crippen LogP contribution in [0.2, 0.25) is 0 Å². The highest BCUT2D eigenvalue weighted by molar-refractivity contribution is 5.86. The van der Waals surface area contributed by atoms with Crippen molar-refractivity contribution in [1.82, 2.24) is 4.90 Å². The molecular formula is C13H16N2O3. The Kier molecular flexibility index (Phi) is 3.62. The molecule has 0 aliphatic carbocycles. The summed E-state index contributed by atoms with van der Waals surface area (Å²) in [5.74, 6) is -1.09. The van der Waals surface area contributed by atoms with E-state index in [0.717, 1.165) is 0 Å². The maximum Gasteiger partial charge on any atom is 0.331 e. The minimum atomic E-state index is -1.01. The number of benzene rings is 1. The Hall–Kier alpha value is -1.88. The molecule has 2 rings (SSSR count). The van der Waals surface area contributed by atoms with Crippen molar-refractivity contribution in [3.05, 3.63) is 35.9 Å². The number of hydrogen-bond acceptors (Lipinski definition) is 3. The number of rotatable bonds is 4. The van der Waals surface area contributed by atoms with Crippen molar-refractivity contribution in [3.8, 4) is 0 Å². The highest BCUT2D eigenvalue weighted by Crippen LogP contribution is 2.28. The van der Waals surface area contributed by atoms with Crippen LogP contribution in [0.4, 0.5) is 0 Å². The lowest BCUT2D eigenvalue weighted by molar-refractivity contribution is -0.148. The normalized spacial score (nSPS) is 21.1. The number of hydrogen-bond donors (Lipinski definition) is 2. The molecule has 1 heterocycles. The molecular weight excluding hydrogens is 232 g/mol. The maximum atomic E-state index is 11.9. The zero-order valence-corrected chi connectivity index (χ0v) is 9.95. The van der Waals surface area contributed by atoms with Crippen LogP contribution in [0.1, 0.15) is 18.0 Å². The predicted octanol–water partition coefficient (Wildman–Crippen LogP) is 0.620. The van der Waals surface area contributed by atoms with Gasteiger partial charge in [0, 0.05) is 13.0 Å². The summed E-state index contributed by atoms with van der Waals surface area (Å²) in [5.41, 5.74) is 6.17. The van der Waals surface area contributed by atoms with Crippen LogP contribution in [-0.4, -0.2) is 35.0 Å². The molecule has 2 atom stereocenters. The third-order valence-electron chi connectivity index (χ3n) is 3.23. The maximum absolute atomic E-state index is 11.9. The summed E-state index contributed by atoms with van der Waals surface area (Å²) in [7, 11) is 0. The third-order valence-corrected chi connectivity index (χ3v) is 3.23. The third kappa shape index (κ3) is 2.36. The highest BCUT2D eigenvalue weighted by atomic mass is 16.4. The van der Waals surface area contributed by atoms with E-state index in [4.69, 9.17) is 5.73 Å². The quantitative estimate of drug-likeness (QED) is 0.818. The van der Waals surface area contributed by atoms with Crippen LogP contribution in [0, 0.1) is 5.92 Å². The van der Waals surface area contributed by atoms with Crippen LogP contribution < -0.4 is 5.73 Å². The van der Waals surface area contributed by atoms with Crippen LogP contribution in [0.5, 0.6) is 0 Å². The van der Waals surface area contributed by atoms with Crippen LogP contribution in [0.15, 0.2) is 30.3 Å². The number of likely N-dealkylation sites (tertiary alicyclic amines) is 1. The Balaban J connectivity index is 2.27. The number of carbonyl (C=O) groups excluding carboxylic acids is 1. The molecule has 0 spiro atoms. The van der Waals surface area contributed by atoms with Gasteiger partial charge in [-0.1, -0.05) is 30.3 Å². The second kappa shape index (κ2) is 5.18. The Morgan fingerprint density at radius 3 is 2.61 bits per heavy atom. The molecule has 1 saturated heterocycles. The van der Waals surface area contributed by atoms with Gasteiger partial charge >= 0.3 is 5.97 Å². The first kappa shape index (κ1) is 12.6. The Bertz CT molecular complexity index is 447. The van der Waals surface area contributed by atoms with E-state index in [2.05, 4.69) is 0 Å². The summed E-state index contributed by atoms with van der Waals surface area (Å²) in [6.45, 7) is 0.824. The van der Waals surface area contributed by atoms with Crippen molar-refractivity contribution in [2.24, 2.45) is 11.7 Å². The molecule has 0 aromatic heterocycles. The van der Waals surface area contributed by atoms with Gasteiger partial charge in [0.2, 0.25) is 5.91 Å². The topological polar surface area (TPSA) is 83.6 Å². The highest BCUT2D eigenvalue weighted by Gasteiger charge is 2.37. The average molecular weight is 248 g/mol. The molecule has 5 nitrogen and oxygen atoms in total. The zero-order chi connectivity index (χ0) is 13.1. The number of nitrogens with zero attached hydrogens (tertiary/aromatic N) is 1. The molecule has 3 N–H and O–H groups in total. The van der Waals surface area contributed by atoms with E-state index in [9.17, 15) is 14.7 Å². The number of carboxylic acid groups (broad SMARTS) is 1. The summed E-state index contributed by atoms with van der Waals surface area (Å²) < 4.78 is 0. The largest absolute Gasteiger partial charge is 0.479 e.